The molecule has 0 fully saturated rings. The molecule has 0 aliphatic carbocycles. The Kier molecular flexibility index (Phi) is 7.68. The average molecular weight is 486 g/mol. The molecule has 9 heteroatoms. The number of carbonyl (C=O) groups is 1. The number of para-hydroxylation sites is 1. The number of carboxylic acid groups (broad SMARTS) is 1. The number of anilines is 1. The van der Waals surface area contributed by atoms with E-state index in [2.05, 4.69) is 4.72 Å². The maximum Gasteiger partial charge on any atom is 0.339 e. The minimum Gasteiger partial charge on any atom is -0.496 e. The van der Waals surface area contributed by atoms with Crippen molar-refractivity contribution in [3.63, 3.8) is 0 Å². The summed E-state index contributed by atoms with van der Waals surface area (Å²) in [6, 6.07) is 14.6. The van der Waals surface area contributed by atoms with Crippen molar-refractivity contribution in [2.24, 2.45) is 0 Å². The maximum atomic E-state index is 13.1. The predicted octanol–water partition coefficient (Wildman–Crippen LogP) is 4.58. The zero-order valence-electron chi connectivity index (χ0n) is 19.4. The van der Waals surface area contributed by atoms with Crippen LogP contribution in [0.5, 0.6) is 17.2 Å². The van der Waals surface area contributed by atoms with Crippen LogP contribution in [0.25, 0.3) is 0 Å². The van der Waals surface area contributed by atoms with E-state index in [1.54, 1.807) is 69.5 Å². The number of benzene rings is 3. The van der Waals surface area contributed by atoms with E-state index in [9.17, 15) is 18.3 Å². The number of nitrogens with one attached hydrogen (secondary N) is 1. The summed E-state index contributed by atoms with van der Waals surface area (Å²) in [5.41, 5.74) is 2.47. The van der Waals surface area contributed by atoms with E-state index in [1.807, 2.05) is 6.92 Å². The highest BCUT2D eigenvalue weighted by atomic mass is 32.2. The first-order chi connectivity index (χ1) is 16.1. The van der Waals surface area contributed by atoms with Crippen molar-refractivity contribution >= 4 is 21.7 Å². The molecule has 0 amide bonds. The van der Waals surface area contributed by atoms with Crippen molar-refractivity contribution in [3.8, 4) is 17.2 Å². The first-order valence-corrected chi connectivity index (χ1v) is 12.0. The van der Waals surface area contributed by atoms with Crippen LogP contribution in [0.4, 0.5) is 5.69 Å². The molecular weight excluding hydrogens is 458 g/mol. The van der Waals surface area contributed by atoms with Crippen LogP contribution >= 0.6 is 0 Å². The van der Waals surface area contributed by atoms with Crippen LogP contribution in [-0.2, 0) is 10.0 Å². The molecule has 2 N–H and O–H groups in total. The number of hydrogen-bond donors (Lipinski definition) is 2. The number of carboxylic acids is 1. The summed E-state index contributed by atoms with van der Waals surface area (Å²) in [7, 11) is -2.26. The van der Waals surface area contributed by atoms with Crippen molar-refractivity contribution in [1.82, 2.24) is 0 Å². The molecule has 0 aliphatic rings. The Hall–Kier alpha value is -3.72. The van der Waals surface area contributed by atoms with E-state index in [-0.39, 0.29) is 29.4 Å². The fourth-order valence-corrected chi connectivity index (χ4v) is 5.14. The number of hydrogen-bond acceptors (Lipinski definition) is 6. The summed E-state index contributed by atoms with van der Waals surface area (Å²) >= 11 is 0. The highest BCUT2D eigenvalue weighted by molar-refractivity contribution is 7.92. The first kappa shape index (κ1) is 24.9. The zero-order chi connectivity index (χ0) is 24.9. The Labute approximate surface area is 199 Å². The van der Waals surface area contributed by atoms with Gasteiger partial charge in [-0.25, -0.2) is 13.2 Å². The third kappa shape index (κ3) is 5.60. The number of ether oxygens (including phenoxy) is 3. The van der Waals surface area contributed by atoms with Gasteiger partial charge in [-0.05, 0) is 79.9 Å². The number of sulfonamides is 1. The third-order valence-corrected chi connectivity index (χ3v) is 6.97. The first-order valence-electron chi connectivity index (χ1n) is 10.5. The molecule has 0 saturated heterocycles. The minimum absolute atomic E-state index is 0.0802. The Morgan fingerprint density at radius 2 is 1.56 bits per heavy atom. The number of aromatic carboxylic acids is 1. The van der Waals surface area contributed by atoms with E-state index >= 15 is 0 Å². The van der Waals surface area contributed by atoms with E-state index < -0.39 is 16.0 Å². The van der Waals surface area contributed by atoms with Gasteiger partial charge in [0.15, 0.2) is 0 Å². The second-order valence-corrected chi connectivity index (χ2v) is 9.22. The highest BCUT2D eigenvalue weighted by Crippen LogP contribution is 2.31. The van der Waals surface area contributed by atoms with Crippen LogP contribution in [0, 0.1) is 20.8 Å². The summed E-state index contributed by atoms with van der Waals surface area (Å²) in [4.78, 5) is 11.4. The summed E-state index contributed by atoms with van der Waals surface area (Å²) in [5.74, 6) is 0.365. The van der Waals surface area contributed by atoms with Crippen LogP contribution in [0.2, 0.25) is 0 Å². The minimum atomic E-state index is -3.81. The van der Waals surface area contributed by atoms with Crippen molar-refractivity contribution < 1.29 is 32.5 Å². The molecule has 3 aromatic carbocycles. The van der Waals surface area contributed by atoms with Gasteiger partial charge < -0.3 is 19.3 Å². The lowest BCUT2D eigenvalue weighted by molar-refractivity contribution is 0.0691. The fraction of sp³-hybridized carbons (Fsp3) is 0.240. The smallest absolute Gasteiger partial charge is 0.339 e. The van der Waals surface area contributed by atoms with Gasteiger partial charge in [-0.1, -0.05) is 12.1 Å². The van der Waals surface area contributed by atoms with E-state index in [0.29, 0.717) is 28.3 Å². The molecule has 0 radical (unpaired) electrons. The molecule has 3 aromatic rings. The second kappa shape index (κ2) is 10.5. The van der Waals surface area contributed by atoms with E-state index in [1.165, 1.54) is 6.07 Å². The van der Waals surface area contributed by atoms with Crippen molar-refractivity contribution in [1.29, 1.82) is 0 Å². The summed E-state index contributed by atoms with van der Waals surface area (Å²) in [6.07, 6.45) is 0. The molecule has 0 unspecified atom stereocenters. The molecule has 34 heavy (non-hydrogen) atoms. The highest BCUT2D eigenvalue weighted by Gasteiger charge is 2.23. The second-order valence-electron chi connectivity index (χ2n) is 7.60. The van der Waals surface area contributed by atoms with Crippen molar-refractivity contribution in [2.45, 2.75) is 25.7 Å². The van der Waals surface area contributed by atoms with Crippen LogP contribution in [0.1, 0.15) is 27.0 Å². The fourth-order valence-electron chi connectivity index (χ4n) is 3.55. The molecule has 8 nitrogen and oxygen atoms in total. The summed E-state index contributed by atoms with van der Waals surface area (Å²) in [6.45, 7) is 5.64. The summed E-state index contributed by atoms with van der Waals surface area (Å²) in [5, 5.41) is 9.18. The van der Waals surface area contributed by atoms with Gasteiger partial charge >= 0.3 is 5.97 Å². The number of methoxy groups -OCH3 is 1. The zero-order valence-corrected chi connectivity index (χ0v) is 20.2. The van der Waals surface area contributed by atoms with Gasteiger partial charge in [0.2, 0.25) is 0 Å². The lowest BCUT2D eigenvalue weighted by Crippen LogP contribution is -2.16. The van der Waals surface area contributed by atoms with Gasteiger partial charge in [0.05, 0.1) is 12.0 Å². The molecule has 0 spiro atoms. The molecular formula is C25H27NO7S. The normalized spacial score (nSPS) is 11.1. The van der Waals surface area contributed by atoms with Gasteiger partial charge in [-0.3, -0.25) is 4.72 Å². The van der Waals surface area contributed by atoms with Gasteiger partial charge in [0, 0.05) is 5.69 Å². The number of rotatable bonds is 10. The molecule has 0 aromatic heterocycles. The maximum absolute atomic E-state index is 13.1. The predicted molar refractivity (Wildman–Crippen MR) is 129 cm³/mol. The van der Waals surface area contributed by atoms with Crippen LogP contribution in [0.15, 0.2) is 59.5 Å². The van der Waals surface area contributed by atoms with Gasteiger partial charge in [-0.2, -0.15) is 0 Å². The quantitative estimate of drug-likeness (QED) is 0.405. The number of aryl methyl sites for hydroxylation is 1. The van der Waals surface area contributed by atoms with Crippen molar-refractivity contribution in [3.05, 3.63) is 76.9 Å². The van der Waals surface area contributed by atoms with Crippen LogP contribution in [0.3, 0.4) is 0 Å². The molecule has 0 saturated carbocycles. The Balaban J connectivity index is 1.62. The molecule has 180 valence electrons. The Morgan fingerprint density at radius 1 is 0.912 bits per heavy atom. The van der Waals surface area contributed by atoms with Gasteiger partial charge in [0.1, 0.15) is 36.0 Å². The van der Waals surface area contributed by atoms with Crippen LogP contribution in [-0.4, -0.2) is 39.8 Å². The monoisotopic (exact) mass is 485 g/mol. The van der Waals surface area contributed by atoms with E-state index in [0.717, 1.165) is 5.56 Å². The largest absolute Gasteiger partial charge is 0.496 e. The van der Waals surface area contributed by atoms with Crippen molar-refractivity contribution in [2.75, 3.05) is 25.0 Å². The van der Waals surface area contributed by atoms with Gasteiger partial charge in [-0.15, -0.1) is 0 Å². The Bertz CT molecular complexity index is 1290. The lowest BCUT2D eigenvalue weighted by Gasteiger charge is -2.17. The molecule has 0 heterocycles. The molecule has 0 bridgehead atoms. The molecule has 3 rings (SSSR count). The Morgan fingerprint density at radius 3 is 2.21 bits per heavy atom. The molecule has 0 atom stereocenters. The third-order valence-electron chi connectivity index (χ3n) is 5.30. The summed E-state index contributed by atoms with van der Waals surface area (Å²) < 4.78 is 45.2. The van der Waals surface area contributed by atoms with E-state index in [4.69, 9.17) is 14.2 Å². The topological polar surface area (TPSA) is 111 Å². The van der Waals surface area contributed by atoms with Gasteiger partial charge in [0.25, 0.3) is 10.0 Å². The van der Waals surface area contributed by atoms with Crippen LogP contribution < -0.4 is 18.9 Å². The SMILES string of the molecule is COc1cc(C)c(S(=O)(=O)Nc2ccc(OCCOc3ccccc3C(=O)O)cc2)c(C)c1C. The standard InChI is InChI=1S/C25H27NO7S/c1-16-15-23(31-4)17(2)18(3)24(16)34(29,30)26-19-9-11-20(12-10-19)32-13-14-33-22-8-6-5-7-21(22)25(27)28/h5-12,15,26H,13-14H2,1-4H3,(H,27,28). The lowest BCUT2D eigenvalue weighted by atomic mass is 10.1. The molecule has 0 aliphatic heterocycles. The average Bonchev–Trinajstić information content (AvgIpc) is 2.80.